The molecular weight excluding hydrogens is 256 g/mol. The Morgan fingerprint density at radius 3 is 2.47 bits per heavy atom. The quantitative estimate of drug-likeness (QED) is 0.894. The predicted octanol–water partition coefficient (Wildman–Crippen LogP) is 4.22. The zero-order valence-corrected chi connectivity index (χ0v) is 11.1. The highest BCUT2D eigenvalue weighted by Gasteiger charge is 2.41. The first-order valence-electron chi connectivity index (χ1n) is 5.81. The number of thioether (sulfide) groups is 1. The Labute approximate surface area is 110 Å². The summed E-state index contributed by atoms with van der Waals surface area (Å²) in [6.45, 7) is 0. The summed E-state index contributed by atoms with van der Waals surface area (Å²) < 4.78 is -0.677. The molecule has 0 atom stereocenters. The summed E-state index contributed by atoms with van der Waals surface area (Å²) in [4.78, 5) is 12.4. The Kier molecular flexibility index (Phi) is 4.00. The fourth-order valence-electron chi connectivity index (χ4n) is 2.22. The van der Waals surface area contributed by atoms with E-state index in [1.165, 1.54) is 11.8 Å². The van der Waals surface area contributed by atoms with Gasteiger partial charge in [-0.1, -0.05) is 43.0 Å². The first-order chi connectivity index (χ1) is 8.14. The molecule has 0 unspecified atom stereocenters. The number of hydrogen-bond acceptors (Lipinski definition) is 2. The second-order valence-corrected chi connectivity index (χ2v) is 6.23. The van der Waals surface area contributed by atoms with E-state index >= 15 is 0 Å². The third kappa shape index (κ3) is 2.78. The van der Waals surface area contributed by atoms with Crippen molar-refractivity contribution in [3.8, 4) is 0 Å². The topological polar surface area (TPSA) is 37.3 Å². The van der Waals surface area contributed by atoms with Crippen LogP contribution >= 0.6 is 23.4 Å². The molecule has 1 N–H and O–H groups in total. The number of benzene rings is 1. The zero-order chi connectivity index (χ0) is 12.3. The molecule has 92 valence electrons. The summed E-state index contributed by atoms with van der Waals surface area (Å²) in [6, 6.07) is 7.46. The molecule has 0 spiro atoms. The molecule has 0 heterocycles. The molecule has 1 aliphatic carbocycles. The largest absolute Gasteiger partial charge is 0.480 e. The maximum Gasteiger partial charge on any atom is 0.320 e. The van der Waals surface area contributed by atoms with E-state index in [4.69, 9.17) is 11.6 Å². The minimum atomic E-state index is -0.706. The molecule has 2 nitrogen and oxygen atoms in total. The van der Waals surface area contributed by atoms with Crippen molar-refractivity contribution in [2.75, 3.05) is 0 Å². The first kappa shape index (κ1) is 12.8. The van der Waals surface area contributed by atoms with Gasteiger partial charge in [0.2, 0.25) is 0 Å². The second-order valence-electron chi connectivity index (χ2n) is 4.39. The lowest BCUT2D eigenvalue weighted by Gasteiger charge is -2.32. The van der Waals surface area contributed by atoms with Gasteiger partial charge in [0.15, 0.2) is 0 Å². The molecule has 0 aromatic heterocycles. The molecule has 0 bridgehead atoms. The molecule has 0 radical (unpaired) electrons. The Hall–Kier alpha value is -0.670. The molecular formula is C13H15ClO2S. The predicted molar refractivity (Wildman–Crippen MR) is 70.8 cm³/mol. The Morgan fingerprint density at radius 2 is 1.88 bits per heavy atom. The summed E-state index contributed by atoms with van der Waals surface area (Å²) in [7, 11) is 0. The molecule has 1 aromatic rings. The number of carboxylic acids is 1. The molecule has 1 saturated carbocycles. The van der Waals surface area contributed by atoms with Gasteiger partial charge < -0.3 is 5.11 Å². The molecule has 17 heavy (non-hydrogen) atoms. The van der Waals surface area contributed by atoms with Crippen molar-refractivity contribution in [3.05, 3.63) is 29.3 Å². The van der Waals surface area contributed by atoms with Crippen molar-refractivity contribution >= 4 is 29.3 Å². The molecule has 4 heteroatoms. The van der Waals surface area contributed by atoms with E-state index in [9.17, 15) is 9.90 Å². The highest BCUT2D eigenvalue weighted by Crippen LogP contribution is 2.45. The van der Waals surface area contributed by atoms with Crippen molar-refractivity contribution in [2.45, 2.75) is 41.7 Å². The third-order valence-corrected chi connectivity index (χ3v) is 5.18. The van der Waals surface area contributed by atoms with E-state index in [2.05, 4.69) is 0 Å². The molecule has 2 rings (SSSR count). The van der Waals surface area contributed by atoms with Gasteiger partial charge in [-0.2, -0.15) is 0 Å². The third-order valence-electron chi connectivity index (χ3n) is 3.19. The van der Waals surface area contributed by atoms with Crippen LogP contribution < -0.4 is 0 Å². The average molecular weight is 271 g/mol. The van der Waals surface area contributed by atoms with Crippen molar-refractivity contribution in [1.29, 1.82) is 0 Å². The summed E-state index contributed by atoms with van der Waals surface area (Å²) in [5.74, 6) is -0.706. The van der Waals surface area contributed by atoms with Gasteiger partial charge in [-0.25, -0.2) is 0 Å². The average Bonchev–Trinajstić information content (AvgIpc) is 2.33. The van der Waals surface area contributed by atoms with Gasteiger partial charge in [0, 0.05) is 4.90 Å². The van der Waals surface area contributed by atoms with E-state index < -0.39 is 10.7 Å². The molecule has 1 aromatic carbocycles. The Balaban J connectivity index is 2.24. The van der Waals surface area contributed by atoms with Crippen LogP contribution in [0.1, 0.15) is 32.1 Å². The molecule has 1 aliphatic rings. The number of rotatable bonds is 3. The van der Waals surface area contributed by atoms with Crippen LogP contribution in [-0.2, 0) is 4.79 Å². The lowest BCUT2D eigenvalue weighted by molar-refractivity contribution is -0.140. The van der Waals surface area contributed by atoms with E-state index in [0.717, 1.165) is 37.0 Å². The van der Waals surface area contributed by atoms with E-state index in [0.29, 0.717) is 5.02 Å². The fourth-order valence-corrected chi connectivity index (χ4v) is 3.79. The SMILES string of the molecule is O=C(O)C1(Sc2ccccc2Cl)CCCCC1. The van der Waals surface area contributed by atoms with Crippen molar-refractivity contribution < 1.29 is 9.90 Å². The fraction of sp³-hybridized carbons (Fsp3) is 0.462. The monoisotopic (exact) mass is 270 g/mol. The van der Waals surface area contributed by atoms with Crippen LogP contribution in [0.5, 0.6) is 0 Å². The van der Waals surface area contributed by atoms with E-state index in [1.807, 2.05) is 24.3 Å². The van der Waals surface area contributed by atoms with Crippen LogP contribution in [-0.4, -0.2) is 15.8 Å². The Bertz CT molecular complexity index is 414. The number of hydrogen-bond donors (Lipinski definition) is 1. The minimum absolute atomic E-state index is 0.642. The molecule has 0 amide bonds. The van der Waals surface area contributed by atoms with Crippen LogP contribution in [0.3, 0.4) is 0 Å². The maximum absolute atomic E-state index is 11.5. The van der Waals surface area contributed by atoms with Gasteiger partial charge in [0.25, 0.3) is 0 Å². The zero-order valence-electron chi connectivity index (χ0n) is 9.49. The van der Waals surface area contributed by atoms with Crippen molar-refractivity contribution in [3.63, 3.8) is 0 Å². The van der Waals surface area contributed by atoms with Crippen LogP contribution in [0, 0.1) is 0 Å². The summed E-state index contributed by atoms with van der Waals surface area (Å²) in [5.41, 5.74) is 0. The normalized spacial score (nSPS) is 18.9. The maximum atomic E-state index is 11.5. The standard InChI is InChI=1S/C13H15ClO2S/c14-10-6-2-3-7-11(10)17-13(12(15)16)8-4-1-5-9-13/h2-3,6-7H,1,4-5,8-9H2,(H,15,16). The van der Waals surface area contributed by atoms with Gasteiger partial charge in [-0.05, 0) is 25.0 Å². The van der Waals surface area contributed by atoms with Gasteiger partial charge >= 0.3 is 5.97 Å². The van der Waals surface area contributed by atoms with Gasteiger partial charge in [0.1, 0.15) is 4.75 Å². The lowest BCUT2D eigenvalue weighted by atomic mass is 9.88. The molecule has 0 saturated heterocycles. The number of carboxylic acid groups (broad SMARTS) is 1. The van der Waals surface area contributed by atoms with Crippen molar-refractivity contribution in [2.24, 2.45) is 0 Å². The van der Waals surface area contributed by atoms with E-state index in [1.54, 1.807) is 0 Å². The minimum Gasteiger partial charge on any atom is -0.480 e. The van der Waals surface area contributed by atoms with Gasteiger partial charge in [-0.15, -0.1) is 11.8 Å². The smallest absolute Gasteiger partial charge is 0.320 e. The van der Waals surface area contributed by atoms with E-state index in [-0.39, 0.29) is 0 Å². The Morgan fingerprint density at radius 1 is 1.24 bits per heavy atom. The number of aliphatic carboxylic acids is 1. The van der Waals surface area contributed by atoms with Crippen LogP contribution in [0.25, 0.3) is 0 Å². The van der Waals surface area contributed by atoms with Gasteiger partial charge in [0.05, 0.1) is 5.02 Å². The summed E-state index contributed by atoms with van der Waals surface area (Å²) in [6.07, 6.45) is 4.59. The molecule has 1 fully saturated rings. The number of carbonyl (C=O) groups is 1. The van der Waals surface area contributed by atoms with Crippen LogP contribution in [0.15, 0.2) is 29.2 Å². The highest BCUT2D eigenvalue weighted by atomic mass is 35.5. The van der Waals surface area contributed by atoms with Crippen LogP contribution in [0.2, 0.25) is 5.02 Å². The van der Waals surface area contributed by atoms with Crippen molar-refractivity contribution in [1.82, 2.24) is 0 Å². The molecule has 0 aliphatic heterocycles. The summed E-state index contributed by atoms with van der Waals surface area (Å²) >= 11 is 7.51. The van der Waals surface area contributed by atoms with Crippen LogP contribution in [0.4, 0.5) is 0 Å². The van der Waals surface area contributed by atoms with Gasteiger partial charge in [-0.3, -0.25) is 4.79 Å². The first-order valence-corrected chi connectivity index (χ1v) is 7.00. The lowest BCUT2D eigenvalue weighted by Crippen LogP contribution is -2.37. The second kappa shape index (κ2) is 5.32. The highest BCUT2D eigenvalue weighted by molar-refractivity contribution is 8.01. The number of halogens is 1. The summed E-state index contributed by atoms with van der Waals surface area (Å²) in [5, 5.41) is 10.1.